The van der Waals surface area contributed by atoms with E-state index in [4.69, 9.17) is 0 Å². The molecule has 90 valence electrons. The number of nitrogens with zero attached hydrogens (tertiary/aromatic N) is 1. The van der Waals surface area contributed by atoms with Crippen LogP contribution in [-0.2, 0) is 6.42 Å². The van der Waals surface area contributed by atoms with E-state index < -0.39 is 0 Å². The zero-order valence-electron chi connectivity index (χ0n) is 10.3. The normalized spacial score (nSPS) is 12.8. The highest BCUT2D eigenvalue weighted by atomic mass is 16.3. The third kappa shape index (κ3) is 3.04. The molecule has 0 aliphatic carbocycles. The van der Waals surface area contributed by atoms with E-state index in [1.165, 1.54) is 10.9 Å². The van der Waals surface area contributed by atoms with Crippen molar-refractivity contribution in [1.82, 2.24) is 4.98 Å². The van der Waals surface area contributed by atoms with E-state index in [-0.39, 0.29) is 6.10 Å². The van der Waals surface area contributed by atoms with E-state index in [0.717, 1.165) is 31.2 Å². The third-order valence-electron chi connectivity index (χ3n) is 3.09. The molecule has 1 aromatic carbocycles. The number of aliphatic hydroxyl groups excluding tert-OH is 1. The first-order valence-corrected chi connectivity index (χ1v) is 6.32. The number of aryl methyl sites for hydroxylation is 1. The summed E-state index contributed by atoms with van der Waals surface area (Å²) in [7, 11) is 0. The second kappa shape index (κ2) is 5.78. The summed E-state index contributed by atoms with van der Waals surface area (Å²) in [5, 5.41) is 10.9. The molecule has 1 atom stereocenters. The molecule has 1 heterocycles. The molecule has 2 nitrogen and oxygen atoms in total. The van der Waals surface area contributed by atoms with Gasteiger partial charge in [0.05, 0.1) is 11.6 Å². The largest absolute Gasteiger partial charge is 0.393 e. The minimum atomic E-state index is -0.182. The van der Waals surface area contributed by atoms with Crippen molar-refractivity contribution in [2.75, 3.05) is 0 Å². The lowest BCUT2D eigenvalue weighted by Gasteiger charge is -2.10. The highest BCUT2D eigenvalue weighted by Crippen LogP contribution is 2.18. The maximum Gasteiger partial charge on any atom is 0.0733 e. The Hall–Kier alpha value is -1.41. The van der Waals surface area contributed by atoms with Crippen LogP contribution in [0.15, 0.2) is 36.5 Å². The summed E-state index contributed by atoms with van der Waals surface area (Å²) in [6.45, 7) is 2.10. The van der Waals surface area contributed by atoms with Gasteiger partial charge in [0.25, 0.3) is 0 Å². The average Bonchev–Trinajstić information content (AvgIpc) is 2.36. The SMILES string of the molecule is CCCC(O)CCc1cccc2cccnc12. The van der Waals surface area contributed by atoms with E-state index in [0.29, 0.717) is 0 Å². The van der Waals surface area contributed by atoms with Crippen LogP contribution in [0.3, 0.4) is 0 Å². The molecular weight excluding hydrogens is 210 g/mol. The quantitative estimate of drug-likeness (QED) is 0.853. The van der Waals surface area contributed by atoms with Crippen molar-refractivity contribution in [3.05, 3.63) is 42.1 Å². The summed E-state index contributed by atoms with van der Waals surface area (Å²) in [6, 6.07) is 10.3. The van der Waals surface area contributed by atoms with Crippen molar-refractivity contribution in [3.8, 4) is 0 Å². The van der Waals surface area contributed by atoms with Gasteiger partial charge in [0.15, 0.2) is 0 Å². The zero-order valence-corrected chi connectivity index (χ0v) is 10.3. The molecule has 2 aromatic rings. The lowest BCUT2D eigenvalue weighted by molar-refractivity contribution is 0.154. The number of para-hydroxylation sites is 1. The maximum absolute atomic E-state index is 9.76. The summed E-state index contributed by atoms with van der Waals surface area (Å²) >= 11 is 0. The van der Waals surface area contributed by atoms with Gasteiger partial charge in [-0.05, 0) is 30.9 Å². The fraction of sp³-hybridized carbons (Fsp3) is 0.400. The molecule has 0 saturated heterocycles. The highest BCUT2D eigenvalue weighted by molar-refractivity contribution is 5.81. The van der Waals surface area contributed by atoms with Crippen LogP contribution in [0.5, 0.6) is 0 Å². The number of aromatic nitrogens is 1. The fourth-order valence-corrected chi connectivity index (χ4v) is 2.17. The Balaban J connectivity index is 2.13. The van der Waals surface area contributed by atoms with E-state index in [1.54, 1.807) is 0 Å². The smallest absolute Gasteiger partial charge is 0.0733 e. The van der Waals surface area contributed by atoms with Crippen molar-refractivity contribution >= 4 is 10.9 Å². The predicted octanol–water partition coefficient (Wildman–Crippen LogP) is 3.33. The monoisotopic (exact) mass is 229 g/mol. The van der Waals surface area contributed by atoms with Crippen molar-refractivity contribution in [2.24, 2.45) is 0 Å². The van der Waals surface area contributed by atoms with Crippen LogP contribution in [0.4, 0.5) is 0 Å². The topological polar surface area (TPSA) is 33.1 Å². The standard InChI is InChI=1S/C15H19NO/c1-2-5-14(17)10-9-13-7-3-6-12-8-4-11-16-15(12)13/h3-4,6-8,11,14,17H,2,5,9-10H2,1H3. The Morgan fingerprint density at radius 2 is 2.00 bits per heavy atom. The van der Waals surface area contributed by atoms with Gasteiger partial charge >= 0.3 is 0 Å². The lowest BCUT2D eigenvalue weighted by Crippen LogP contribution is -2.07. The van der Waals surface area contributed by atoms with Crippen LogP contribution < -0.4 is 0 Å². The van der Waals surface area contributed by atoms with E-state index in [9.17, 15) is 5.11 Å². The highest BCUT2D eigenvalue weighted by Gasteiger charge is 2.06. The molecule has 1 N–H and O–H groups in total. The van der Waals surface area contributed by atoms with Crippen LogP contribution in [0, 0.1) is 0 Å². The molecule has 1 aromatic heterocycles. The number of aliphatic hydroxyl groups is 1. The van der Waals surface area contributed by atoms with Gasteiger partial charge in [0.2, 0.25) is 0 Å². The number of rotatable bonds is 5. The minimum Gasteiger partial charge on any atom is -0.393 e. The van der Waals surface area contributed by atoms with Gasteiger partial charge in [-0.2, -0.15) is 0 Å². The molecule has 17 heavy (non-hydrogen) atoms. The molecule has 0 bridgehead atoms. The van der Waals surface area contributed by atoms with Crippen molar-refractivity contribution in [3.63, 3.8) is 0 Å². The molecule has 0 amide bonds. The van der Waals surface area contributed by atoms with E-state index >= 15 is 0 Å². The molecule has 0 radical (unpaired) electrons. The number of fused-ring (bicyclic) bond motifs is 1. The van der Waals surface area contributed by atoms with Gasteiger partial charge in [0, 0.05) is 11.6 Å². The first-order valence-electron chi connectivity index (χ1n) is 6.32. The van der Waals surface area contributed by atoms with Gasteiger partial charge in [-0.1, -0.05) is 37.6 Å². The Morgan fingerprint density at radius 3 is 2.82 bits per heavy atom. The molecular formula is C15H19NO. The van der Waals surface area contributed by atoms with Crippen LogP contribution >= 0.6 is 0 Å². The molecule has 0 aliphatic rings. The van der Waals surface area contributed by atoms with Crippen LogP contribution in [0.1, 0.15) is 31.7 Å². The first kappa shape index (κ1) is 12.1. The summed E-state index contributed by atoms with van der Waals surface area (Å²) in [5.74, 6) is 0. The van der Waals surface area contributed by atoms with Crippen molar-refractivity contribution < 1.29 is 5.11 Å². The Kier molecular flexibility index (Phi) is 4.10. The zero-order chi connectivity index (χ0) is 12.1. The summed E-state index contributed by atoms with van der Waals surface area (Å²) in [4.78, 5) is 4.42. The average molecular weight is 229 g/mol. The number of hydrogen-bond acceptors (Lipinski definition) is 2. The first-order chi connectivity index (χ1) is 8.31. The fourth-order valence-electron chi connectivity index (χ4n) is 2.17. The number of pyridine rings is 1. The van der Waals surface area contributed by atoms with Crippen molar-refractivity contribution in [1.29, 1.82) is 0 Å². The summed E-state index contributed by atoms with van der Waals surface area (Å²) < 4.78 is 0. The Morgan fingerprint density at radius 1 is 1.18 bits per heavy atom. The van der Waals surface area contributed by atoms with Gasteiger partial charge in [0.1, 0.15) is 0 Å². The molecule has 2 rings (SSSR count). The van der Waals surface area contributed by atoms with E-state index in [1.807, 2.05) is 12.3 Å². The Bertz CT molecular complexity index is 476. The molecule has 0 saturated carbocycles. The third-order valence-corrected chi connectivity index (χ3v) is 3.09. The van der Waals surface area contributed by atoms with Gasteiger partial charge in [-0.3, -0.25) is 4.98 Å². The maximum atomic E-state index is 9.76. The molecule has 0 fully saturated rings. The lowest BCUT2D eigenvalue weighted by atomic mass is 10.0. The van der Waals surface area contributed by atoms with Crippen LogP contribution in [-0.4, -0.2) is 16.2 Å². The van der Waals surface area contributed by atoms with Crippen LogP contribution in [0.2, 0.25) is 0 Å². The van der Waals surface area contributed by atoms with Crippen molar-refractivity contribution in [2.45, 2.75) is 38.7 Å². The number of hydrogen-bond donors (Lipinski definition) is 1. The molecule has 2 heteroatoms. The summed E-state index contributed by atoms with van der Waals surface area (Å²) in [6.07, 6.45) is 5.29. The molecule has 1 unspecified atom stereocenters. The van der Waals surface area contributed by atoms with Crippen LogP contribution in [0.25, 0.3) is 10.9 Å². The second-order valence-electron chi connectivity index (χ2n) is 4.47. The Labute approximate surface area is 102 Å². The molecule has 0 spiro atoms. The van der Waals surface area contributed by atoms with Gasteiger partial charge in [-0.15, -0.1) is 0 Å². The van der Waals surface area contributed by atoms with Gasteiger partial charge in [-0.25, -0.2) is 0 Å². The molecule has 0 aliphatic heterocycles. The minimum absolute atomic E-state index is 0.182. The second-order valence-corrected chi connectivity index (χ2v) is 4.47. The van der Waals surface area contributed by atoms with E-state index in [2.05, 4.69) is 36.2 Å². The predicted molar refractivity (Wildman–Crippen MR) is 71.0 cm³/mol. The summed E-state index contributed by atoms with van der Waals surface area (Å²) in [5.41, 5.74) is 2.30. The van der Waals surface area contributed by atoms with Gasteiger partial charge < -0.3 is 5.11 Å². The number of benzene rings is 1.